The second kappa shape index (κ2) is 5.24. The van der Waals surface area contributed by atoms with Crippen LogP contribution in [0, 0.1) is 5.92 Å². The molecule has 1 N–H and O–H groups in total. The summed E-state index contributed by atoms with van der Waals surface area (Å²) in [5.41, 5.74) is 0. The predicted octanol–water partition coefficient (Wildman–Crippen LogP) is 3.47. The van der Waals surface area contributed by atoms with Crippen LogP contribution >= 0.6 is 0 Å². The topological polar surface area (TPSA) is 46.2 Å². The maximum atomic E-state index is 12.3. The van der Waals surface area contributed by atoms with Crippen LogP contribution in [0.15, 0.2) is 11.0 Å². The first-order chi connectivity index (χ1) is 7.35. The Morgan fingerprint density at radius 2 is 1.65 bits per heavy atom. The van der Waals surface area contributed by atoms with E-state index in [2.05, 4.69) is 38.3 Å². The smallest absolute Gasteiger partial charge is 0.230 e. The lowest BCUT2D eigenvalue weighted by Crippen LogP contribution is -2.54. The molecule has 0 atom stereocenters. The average molecular weight is 278 g/mol. The van der Waals surface area contributed by atoms with Gasteiger partial charge < -0.3 is 0 Å². The Hall–Kier alpha value is -0.133. The van der Waals surface area contributed by atoms with Gasteiger partial charge in [0.25, 0.3) is 0 Å². The van der Waals surface area contributed by atoms with E-state index in [0.717, 1.165) is 0 Å². The van der Waals surface area contributed by atoms with E-state index < -0.39 is 18.3 Å². The second-order valence-corrected chi connectivity index (χ2v) is 13.4. The number of hydrogen-bond acceptors (Lipinski definition) is 2. The van der Waals surface area contributed by atoms with Gasteiger partial charge in [-0.3, -0.25) is 0 Å². The first kappa shape index (κ1) is 16.9. The van der Waals surface area contributed by atoms with Gasteiger partial charge in [-0.1, -0.05) is 53.8 Å². The van der Waals surface area contributed by atoms with E-state index in [1.165, 1.54) is 0 Å². The van der Waals surface area contributed by atoms with Gasteiger partial charge in [-0.05, 0) is 17.9 Å². The van der Waals surface area contributed by atoms with Crippen molar-refractivity contribution in [2.75, 3.05) is 0 Å². The lowest BCUT2D eigenvalue weighted by atomic mass is 10.2. The summed E-state index contributed by atoms with van der Waals surface area (Å²) in [6.45, 7) is 16.0. The fourth-order valence-corrected chi connectivity index (χ4v) is 6.66. The Balaban J connectivity index is 5.29. The van der Waals surface area contributed by atoms with E-state index in [1.54, 1.807) is 13.0 Å². The zero-order valence-corrected chi connectivity index (χ0v) is 14.2. The molecule has 0 bridgehead atoms. The first-order valence-electron chi connectivity index (χ1n) is 6.05. The van der Waals surface area contributed by atoms with Crippen molar-refractivity contribution in [1.82, 2.24) is 4.39 Å². The monoisotopic (exact) mass is 277 g/mol. The quantitative estimate of drug-likeness (QED) is 0.800. The number of allylic oxidation sites excluding steroid dienone is 2. The van der Waals surface area contributed by atoms with Gasteiger partial charge in [0.2, 0.25) is 10.0 Å². The zero-order chi connectivity index (χ0) is 14.1. The molecule has 0 aliphatic rings. The number of nitrogens with one attached hydrogen (secondary N) is 1. The summed E-state index contributed by atoms with van der Waals surface area (Å²) in [6.07, 6.45) is 1.69. The fourth-order valence-electron chi connectivity index (χ4n) is 1.35. The Morgan fingerprint density at radius 3 is 1.88 bits per heavy atom. The second-order valence-electron chi connectivity index (χ2n) is 6.33. The lowest BCUT2D eigenvalue weighted by molar-refractivity contribution is 0.588. The van der Waals surface area contributed by atoms with Crippen molar-refractivity contribution >= 4 is 18.3 Å². The molecule has 3 nitrogen and oxygen atoms in total. The van der Waals surface area contributed by atoms with E-state index in [-0.39, 0.29) is 11.0 Å². The summed E-state index contributed by atoms with van der Waals surface area (Å²) < 4.78 is 27.6. The van der Waals surface area contributed by atoms with Crippen LogP contribution in [0.5, 0.6) is 0 Å². The average Bonchev–Trinajstić information content (AvgIpc) is 1.98. The van der Waals surface area contributed by atoms with Crippen LogP contribution in [0.4, 0.5) is 0 Å². The van der Waals surface area contributed by atoms with Gasteiger partial charge in [0, 0.05) is 0 Å². The molecular weight excluding hydrogens is 250 g/mol. The molecule has 0 aromatic carbocycles. The standard InChI is InChI=1S/C12H27NO2SSi/c1-9-11(10(2)3)16(14,15)13-17(7,8)12(4,5)6/h9-10,13H,1-8H3/b11-9-. The molecule has 0 fully saturated rings. The minimum Gasteiger partial charge on any atom is -0.233 e. The van der Waals surface area contributed by atoms with Crippen LogP contribution in [0.1, 0.15) is 41.5 Å². The normalized spacial score (nSPS) is 15.5. The molecule has 0 spiro atoms. The third kappa shape index (κ3) is 4.23. The molecule has 0 heterocycles. The van der Waals surface area contributed by atoms with Gasteiger partial charge in [0.05, 0.1) is 4.91 Å². The number of hydrogen-bond donors (Lipinski definition) is 1. The molecule has 0 rings (SSSR count). The minimum atomic E-state index is -3.34. The molecule has 102 valence electrons. The highest BCUT2D eigenvalue weighted by molar-refractivity contribution is 7.94. The molecule has 0 saturated carbocycles. The molecule has 0 saturated heterocycles. The molecule has 5 heteroatoms. The molecule has 0 aromatic heterocycles. The highest BCUT2D eigenvalue weighted by Gasteiger charge is 2.40. The maximum Gasteiger partial charge on any atom is 0.230 e. The van der Waals surface area contributed by atoms with E-state index >= 15 is 0 Å². The molecule has 0 aromatic rings. The summed E-state index contributed by atoms with van der Waals surface area (Å²) >= 11 is 0. The lowest BCUT2D eigenvalue weighted by Gasteiger charge is -2.37. The van der Waals surface area contributed by atoms with Crippen molar-refractivity contribution in [3.63, 3.8) is 0 Å². The molecular formula is C12H27NO2SSi. The van der Waals surface area contributed by atoms with Crippen molar-refractivity contribution < 1.29 is 8.42 Å². The van der Waals surface area contributed by atoms with Gasteiger partial charge in [-0.2, -0.15) is 0 Å². The van der Waals surface area contributed by atoms with Crippen molar-refractivity contribution in [2.24, 2.45) is 5.92 Å². The molecule has 0 amide bonds. The summed E-state index contributed by atoms with van der Waals surface area (Å²) in [4.78, 5) is 0.488. The van der Waals surface area contributed by atoms with Crippen molar-refractivity contribution in [3.8, 4) is 0 Å². The van der Waals surface area contributed by atoms with Crippen LogP contribution in [0.3, 0.4) is 0 Å². The Labute approximate surface area is 108 Å². The van der Waals surface area contributed by atoms with E-state index in [1.807, 2.05) is 13.8 Å². The largest absolute Gasteiger partial charge is 0.233 e. The van der Waals surface area contributed by atoms with Crippen LogP contribution in [0.25, 0.3) is 0 Å². The van der Waals surface area contributed by atoms with Crippen molar-refractivity contribution in [1.29, 1.82) is 0 Å². The minimum absolute atomic E-state index is 0.00407. The van der Waals surface area contributed by atoms with Gasteiger partial charge in [-0.15, -0.1) is 0 Å². The van der Waals surface area contributed by atoms with Crippen molar-refractivity contribution in [2.45, 2.75) is 59.7 Å². The number of sulfonamides is 1. The summed E-state index contributed by atoms with van der Waals surface area (Å²) in [5, 5.41) is -0.00407. The molecule has 0 radical (unpaired) electrons. The van der Waals surface area contributed by atoms with Crippen molar-refractivity contribution in [3.05, 3.63) is 11.0 Å². The van der Waals surface area contributed by atoms with E-state index in [9.17, 15) is 8.42 Å². The van der Waals surface area contributed by atoms with Gasteiger partial charge >= 0.3 is 0 Å². The molecule has 0 aliphatic carbocycles. The van der Waals surface area contributed by atoms with E-state index in [4.69, 9.17) is 0 Å². The molecule has 0 aliphatic heterocycles. The van der Waals surface area contributed by atoms with Gasteiger partial charge in [0.15, 0.2) is 0 Å². The summed E-state index contributed by atoms with van der Waals surface area (Å²) in [5.74, 6) is 0.0160. The first-order valence-corrected chi connectivity index (χ1v) is 10.5. The SMILES string of the molecule is C/C=C(/C(C)C)S(=O)(=O)N[Si](C)(C)C(C)(C)C. The summed E-state index contributed by atoms with van der Waals surface area (Å²) in [6, 6.07) is 0. The maximum absolute atomic E-state index is 12.3. The van der Waals surface area contributed by atoms with Gasteiger partial charge in [0.1, 0.15) is 8.24 Å². The predicted molar refractivity (Wildman–Crippen MR) is 77.8 cm³/mol. The highest BCUT2D eigenvalue weighted by atomic mass is 32.2. The van der Waals surface area contributed by atoms with Crippen LogP contribution in [-0.2, 0) is 10.0 Å². The Kier molecular flexibility index (Phi) is 5.20. The molecule has 0 unspecified atom stereocenters. The third-order valence-electron chi connectivity index (χ3n) is 3.43. The van der Waals surface area contributed by atoms with Crippen LogP contribution < -0.4 is 4.39 Å². The Morgan fingerprint density at radius 1 is 1.24 bits per heavy atom. The van der Waals surface area contributed by atoms with Gasteiger partial charge in [-0.25, -0.2) is 12.8 Å². The summed E-state index contributed by atoms with van der Waals surface area (Å²) in [7, 11) is -5.38. The number of rotatable bonds is 4. The van der Waals surface area contributed by atoms with E-state index in [0.29, 0.717) is 4.91 Å². The third-order valence-corrected chi connectivity index (χ3v) is 11.6. The van der Waals surface area contributed by atoms with Crippen LogP contribution in [0.2, 0.25) is 18.1 Å². The Bertz CT molecular complexity index is 389. The van der Waals surface area contributed by atoms with Crippen LogP contribution in [-0.4, -0.2) is 16.7 Å². The highest BCUT2D eigenvalue weighted by Crippen LogP contribution is 2.35. The molecule has 17 heavy (non-hydrogen) atoms. The zero-order valence-electron chi connectivity index (χ0n) is 12.4. The fraction of sp³-hybridized carbons (Fsp3) is 0.833.